The van der Waals surface area contributed by atoms with Crippen molar-refractivity contribution in [3.63, 3.8) is 0 Å². The van der Waals surface area contributed by atoms with E-state index in [1.165, 1.54) is 7.11 Å². The first kappa shape index (κ1) is 20.7. The van der Waals surface area contributed by atoms with Crippen LogP contribution in [0.2, 0.25) is 0 Å². The van der Waals surface area contributed by atoms with Gasteiger partial charge in [0.05, 0.1) is 20.1 Å². The highest BCUT2D eigenvalue weighted by Gasteiger charge is 2.07. The van der Waals surface area contributed by atoms with Gasteiger partial charge in [0.1, 0.15) is 0 Å². The lowest BCUT2D eigenvalue weighted by molar-refractivity contribution is -0.140. The Kier molecular flexibility index (Phi) is 12.6. The van der Waals surface area contributed by atoms with Gasteiger partial charge in [0.2, 0.25) is 0 Å². The minimum Gasteiger partial charge on any atom is -0.469 e. The summed E-state index contributed by atoms with van der Waals surface area (Å²) in [5, 5.41) is 6.59. The van der Waals surface area contributed by atoms with Crippen LogP contribution in [0.25, 0.3) is 0 Å². The number of guanidine groups is 1. The molecule has 0 saturated carbocycles. The van der Waals surface area contributed by atoms with Crippen LogP contribution < -0.4 is 10.6 Å². The summed E-state index contributed by atoms with van der Waals surface area (Å²) in [7, 11) is 1.40. The first-order chi connectivity index (χ1) is 10.6. The standard InChI is InChI=1S/C16H34N4O2/c1-6-17-16(18-12-11-15(21)22-5)19-14(4)10-9-13-20(7-2)8-3/h14H,6-13H2,1-5H3,(H2,17,18,19). The minimum absolute atomic E-state index is 0.230. The molecular weight excluding hydrogens is 280 g/mol. The summed E-state index contributed by atoms with van der Waals surface area (Å²) in [5.74, 6) is 0.536. The minimum atomic E-state index is -0.230. The molecule has 2 N–H and O–H groups in total. The van der Waals surface area contributed by atoms with Crippen molar-refractivity contribution in [2.45, 2.75) is 53.0 Å². The van der Waals surface area contributed by atoms with Crippen molar-refractivity contribution < 1.29 is 9.53 Å². The lowest BCUT2D eigenvalue weighted by Gasteiger charge is -2.21. The molecule has 22 heavy (non-hydrogen) atoms. The Balaban J connectivity index is 4.13. The Hall–Kier alpha value is -1.30. The average Bonchev–Trinajstić information content (AvgIpc) is 2.51. The third kappa shape index (κ3) is 10.4. The summed E-state index contributed by atoms with van der Waals surface area (Å²) < 4.78 is 4.62. The van der Waals surface area contributed by atoms with Gasteiger partial charge in [-0.2, -0.15) is 0 Å². The number of nitrogens with zero attached hydrogens (tertiary/aromatic N) is 2. The molecule has 0 amide bonds. The van der Waals surface area contributed by atoms with Crippen LogP contribution >= 0.6 is 0 Å². The zero-order valence-electron chi connectivity index (χ0n) is 14.9. The molecule has 0 aromatic heterocycles. The van der Waals surface area contributed by atoms with Crippen LogP contribution in [0.15, 0.2) is 4.99 Å². The van der Waals surface area contributed by atoms with Gasteiger partial charge in [0.15, 0.2) is 5.96 Å². The molecule has 1 unspecified atom stereocenters. The number of ether oxygens (including phenoxy) is 1. The average molecular weight is 314 g/mol. The highest BCUT2D eigenvalue weighted by atomic mass is 16.5. The summed E-state index contributed by atoms with van der Waals surface area (Å²) in [6, 6.07) is 0.353. The van der Waals surface area contributed by atoms with E-state index in [2.05, 4.69) is 46.0 Å². The second-order valence-corrected chi connectivity index (χ2v) is 5.30. The Morgan fingerprint density at radius 1 is 1.27 bits per heavy atom. The van der Waals surface area contributed by atoms with Crippen molar-refractivity contribution in [1.82, 2.24) is 15.5 Å². The van der Waals surface area contributed by atoms with Gasteiger partial charge < -0.3 is 20.3 Å². The molecule has 6 nitrogen and oxygen atoms in total. The van der Waals surface area contributed by atoms with Gasteiger partial charge in [0.25, 0.3) is 0 Å². The highest BCUT2D eigenvalue weighted by Crippen LogP contribution is 1.99. The molecule has 0 heterocycles. The van der Waals surface area contributed by atoms with Crippen molar-refractivity contribution in [1.29, 1.82) is 0 Å². The molecule has 0 aromatic rings. The van der Waals surface area contributed by atoms with E-state index in [1.54, 1.807) is 0 Å². The van der Waals surface area contributed by atoms with E-state index >= 15 is 0 Å². The normalized spacial score (nSPS) is 13.1. The van der Waals surface area contributed by atoms with Gasteiger partial charge in [-0.1, -0.05) is 13.8 Å². The zero-order valence-corrected chi connectivity index (χ0v) is 14.9. The summed E-state index contributed by atoms with van der Waals surface area (Å²) in [6.07, 6.45) is 2.57. The highest BCUT2D eigenvalue weighted by molar-refractivity contribution is 5.80. The molecule has 0 aliphatic heterocycles. The smallest absolute Gasteiger partial charge is 0.307 e. The Labute approximate surface area is 135 Å². The quantitative estimate of drug-likeness (QED) is 0.345. The van der Waals surface area contributed by atoms with Gasteiger partial charge in [-0.3, -0.25) is 9.79 Å². The van der Waals surface area contributed by atoms with Gasteiger partial charge in [0, 0.05) is 12.6 Å². The summed E-state index contributed by atoms with van der Waals surface area (Å²) in [5.41, 5.74) is 0. The monoisotopic (exact) mass is 314 g/mol. The van der Waals surface area contributed by atoms with Crippen LogP contribution in [0.1, 0.15) is 47.0 Å². The third-order valence-corrected chi connectivity index (χ3v) is 3.55. The molecule has 1 atom stereocenters. The van der Waals surface area contributed by atoms with E-state index < -0.39 is 0 Å². The van der Waals surface area contributed by atoms with Crippen LogP contribution in [0, 0.1) is 0 Å². The fourth-order valence-electron chi connectivity index (χ4n) is 2.15. The molecule has 0 rings (SSSR count). The molecule has 0 aromatic carbocycles. The van der Waals surface area contributed by atoms with E-state index in [4.69, 9.17) is 0 Å². The number of nitrogens with one attached hydrogen (secondary N) is 2. The van der Waals surface area contributed by atoms with E-state index in [1.807, 2.05) is 6.92 Å². The Bertz CT molecular complexity index is 317. The fourth-order valence-corrected chi connectivity index (χ4v) is 2.15. The van der Waals surface area contributed by atoms with E-state index in [0.29, 0.717) is 19.0 Å². The topological polar surface area (TPSA) is 66.0 Å². The van der Waals surface area contributed by atoms with E-state index in [0.717, 1.165) is 45.0 Å². The van der Waals surface area contributed by atoms with Crippen molar-refractivity contribution in [2.75, 3.05) is 39.8 Å². The number of aliphatic imine (C=N–C) groups is 1. The largest absolute Gasteiger partial charge is 0.469 e. The second-order valence-electron chi connectivity index (χ2n) is 5.30. The summed E-state index contributed by atoms with van der Waals surface area (Å²) in [4.78, 5) is 17.9. The fraction of sp³-hybridized carbons (Fsp3) is 0.875. The van der Waals surface area contributed by atoms with Gasteiger partial charge in [-0.15, -0.1) is 0 Å². The maximum absolute atomic E-state index is 11.1. The molecule has 0 spiro atoms. The number of methoxy groups -OCH3 is 1. The SMILES string of the molecule is CCNC(=NCCC(=O)OC)NC(C)CCCN(CC)CC. The maximum atomic E-state index is 11.1. The molecule has 0 aliphatic carbocycles. The molecule has 6 heteroatoms. The summed E-state index contributed by atoms with van der Waals surface area (Å²) >= 11 is 0. The van der Waals surface area contributed by atoms with Crippen molar-refractivity contribution >= 4 is 11.9 Å². The predicted octanol–water partition coefficient (Wildman–Crippen LogP) is 1.62. The molecule has 0 aliphatic rings. The zero-order chi connectivity index (χ0) is 16.8. The first-order valence-corrected chi connectivity index (χ1v) is 8.41. The molecule has 0 radical (unpaired) electrons. The van der Waals surface area contributed by atoms with E-state index in [9.17, 15) is 4.79 Å². The molecule has 130 valence electrons. The van der Waals surface area contributed by atoms with Crippen molar-refractivity contribution in [3.05, 3.63) is 0 Å². The van der Waals surface area contributed by atoms with Gasteiger partial charge >= 0.3 is 5.97 Å². The van der Waals surface area contributed by atoms with Crippen LogP contribution in [0.4, 0.5) is 0 Å². The first-order valence-electron chi connectivity index (χ1n) is 8.41. The number of hydrogen-bond donors (Lipinski definition) is 2. The Morgan fingerprint density at radius 3 is 2.50 bits per heavy atom. The van der Waals surface area contributed by atoms with Crippen LogP contribution in [-0.2, 0) is 9.53 Å². The van der Waals surface area contributed by atoms with Crippen molar-refractivity contribution in [2.24, 2.45) is 4.99 Å². The lowest BCUT2D eigenvalue weighted by atomic mass is 10.2. The predicted molar refractivity (Wildman–Crippen MR) is 92.2 cm³/mol. The molecule has 0 bridgehead atoms. The van der Waals surface area contributed by atoms with Crippen LogP contribution in [0.3, 0.4) is 0 Å². The van der Waals surface area contributed by atoms with Crippen LogP contribution in [0.5, 0.6) is 0 Å². The molecule has 0 saturated heterocycles. The number of esters is 1. The number of carbonyl (C=O) groups is 1. The lowest BCUT2D eigenvalue weighted by Crippen LogP contribution is -2.42. The van der Waals surface area contributed by atoms with Crippen LogP contribution in [-0.4, -0.2) is 62.7 Å². The number of hydrogen-bond acceptors (Lipinski definition) is 4. The molecule has 0 fully saturated rings. The van der Waals surface area contributed by atoms with Gasteiger partial charge in [-0.05, 0) is 46.3 Å². The summed E-state index contributed by atoms with van der Waals surface area (Å²) in [6.45, 7) is 13.2. The number of rotatable bonds is 11. The Morgan fingerprint density at radius 2 is 1.95 bits per heavy atom. The molecular formula is C16H34N4O2. The van der Waals surface area contributed by atoms with Gasteiger partial charge in [-0.25, -0.2) is 0 Å². The van der Waals surface area contributed by atoms with E-state index in [-0.39, 0.29) is 5.97 Å². The van der Waals surface area contributed by atoms with Crippen molar-refractivity contribution in [3.8, 4) is 0 Å². The second kappa shape index (κ2) is 13.4. The third-order valence-electron chi connectivity index (χ3n) is 3.55. The maximum Gasteiger partial charge on any atom is 0.307 e. The number of carbonyl (C=O) groups excluding carboxylic acids is 1.